The van der Waals surface area contributed by atoms with Gasteiger partial charge < -0.3 is 14.9 Å². The smallest absolute Gasteiger partial charge is 0.308 e. The fourth-order valence-corrected chi connectivity index (χ4v) is 4.19. The van der Waals surface area contributed by atoms with Gasteiger partial charge in [-0.25, -0.2) is 0 Å². The standard InChI is InChI=1S/C14H22N2O4S/c1-3-12(17)16-8-21-7-11(16)13(18)15-5-9(2)4-10(6-15)14(19)20/h9-11H,3-8H2,1-2H3,(H,19,20). The van der Waals surface area contributed by atoms with E-state index in [0.29, 0.717) is 31.0 Å². The summed E-state index contributed by atoms with van der Waals surface area (Å²) in [7, 11) is 0. The van der Waals surface area contributed by atoms with Gasteiger partial charge in [0.05, 0.1) is 11.8 Å². The fourth-order valence-electron chi connectivity index (χ4n) is 3.02. The van der Waals surface area contributed by atoms with Crippen molar-refractivity contribution < 1.29 is 19.5 Å². The van der Waals surface area contributed by atoms with Crippen LogP contribution in [-0.2, 0) is 14.4 Å². The maximum absolute atomic E-state index is 12.7. The van der Waals surface area contributed by atoms with Crippen LogP contribution in [0, 0.1) is 11.8 Å². The second kappa shape index (κ2) is 6.68. The van der Waals surface area contributed by atoms with Crippen molar-refractivity contribution in [3.8, 4) is 0 Å². The number of likely N-dealkylation sites (tertiary alicyclic amines) is 1. The lowest BCUT2D eigenvalue weighted by Crippen LogP contribution is -2.53. The van der Waals surface area contributed by atoms with Crippen LogP contribution in [0.2, 0.25) is 0 Å². The third kappa shape index (κ3) is 3.51. The maximum Gasteiger partial charge on any atom is 0.308 e. The molecule has 2 heterocycles. The molecule has 21 heavy (non-hydrogen) atoms. The van der Waals surface area contributed by atoms with Crippen LogP contribution in [0.5, 0.6) is 0 Å². The molecule has 0 aromatic rings. The van der Waals surface area contributed by atoms with Crippen LogP contribution in [-0.4, -0.2) is 63.5 Å². The maximum atomic E-state index is 12.7. The third-order valence-electron chi connectivity index (χ3n) is 4.11. The second-order valence-corrected chi connectivity index (χ2v) is 6.85. The first-order valence-electron chi connectivity index (χ1n) is 7.32. The van der Waals surface area contributed by atoms with Gasteiger partial charge in [-0.3, -0.25) is 14.4 Å². The molecule has 0 radical (unpaired) electrons. The number of nitrogens with zero attached hydrogens (tertiary/aromatic N) is 2. The molecule has 0 aromatic heterocycles. The van der Waals surface area contributed by atoms with Gasteiger partial charge in [-0.05, 0) is 12.3 Å². The highest BCUT2D eigenvalue weighted by molar-refractivity contribution is 7.99. The molecule has 0 spiro atoms. The number of carbonyl (C=O) groups excluding carboxylic acids is 2. The van der Waals surface area contributed by atoms with Crippen molar-refractivity contribution >= 4 is 29.5 Å². The van der Waals surface area contributed by atoms with E-state index < -0.39 is 17.9 Å². The number of amides is 2. The molecular formula is C14H22N2O4S. The average Bonchev–Trinajstić information content (AvgIpc) is 2.94. The molecule has 2 aliphatic rings. The minimum absolute atomic E-state index is 0.0156. The SMILES string of the molecule is CCC(=O)N1CSCC1C(=O)N1CC(C)CC(C(=O)O)C1. The van der Waals surface area contributed by atoms with Gasteiger partial charge in [0.25, 0.3) is 0 Å². The third-order valence-corrected chi connectivity index (χ3v) is 5.12. The number of carboxylic acids is 1. The number of rotatable bonds is 3. The van der Waals surface area contributed by atoms with Gasteiger partial charge in [0.15, 0.2) is 0 Å². The van der Waals surface area contributed by atoms with Crippen LogP contribution < -0.4 is 0 Å². The van der Waals surface area contributed by atoms with Gasteiger partial charge >= 0.3 is 5.97 Å². The number of hydrogen-bond donors (Lipinski definition) is 1. The molecule has 2 saturated heterocycles. The molecule has 7 heteroatoms. The van der Waals surface area contributed by atoms with Crippen molar-refractivity contribution in [1.82, 2.24) is 9.80 Å². The van der Waals surface area contributed by atoms with E-state index in [1.54, 1.807) is 28.5 Å². The predicted molar refractivity (Wildman–Crippen MR) is 79.7 cm³/mol. The number of carboxylic acid groups (broad SMARTS) is 1. The Morgan fingerprint density at radius 1 is 1.29 bits per heavy atom. The lowest BCUT2D eigenvalue weighted by molar-refractivity contribution is -0.150. The zero-order valence-corrected chi connectivity index (χ0v) is 13.3. The predicted octanol–water partition coefficient (Wildman–Crippen LogP) is 0.867. The largest absolute Gasteiger partial charge is 0.481 e. The Morgan fingerprint density at radius 3 is 2.62 bits per heavy atom. The zero-order chi connectivity index (χ0) is 15.6. The molecular weight excluding hydrogens is 292 g/mol. The molecule has 1 N–H and O–H groups in total. The van der Waals surface area contributed by atoms with E-state index in [0.717, 1.165) is 0 Å². The minimum atomic E-state index is -0.846. The van der Waals surface area contributed by atoms with Crippen LogP contribution in [0.3, 0.4) is 0 Å². The fraction of sp³-hybridized carbons (Fsp3) is 0.786. The summed E-state index contributed by atoms with van der Waals surface area (Å²) in [4.78, 5) is 39.0. The number of carbonyl (C=O) groups is 3. The highest BCUT2D eigenvalue weighted by Crippen LogP contribution is 2.27. The van der Waals surface area contributed by atoms with Crippen molar-refractivity contribution in [2.24, 2.45) is 11.8 Å². The van der Waals surface area contributed by atoms with E-state index in [4.69, 9.17) is 0 Å². The van der Waals surface area contributed by atoms with E-state index in [-0.39, 0.29) is 24.3 Å². The van der Waals surface area contributed by atoms with Crippen molar-refractivity contribution in [2.75, 3.05) is 24.7 Å². The highest BCUT2D eigenvalue weighted by atomic mass is 32.2. The van der Waals surface area contributed by atoms with Crippen molar-refractivity contribution in [1.29, 1.82) is 0 Å². The molecule has 0 bridgehead atoms. The van der Waals surface area contributed by atoms with E-state index >= 15 is 0 Å². The molecule has 3 unspecified atom stereocenters. The molecule has 2 fully saturated rings. The quantitative estimate of drug-likeness (QED) is 0.836. The minimum Gasteiger partial charge on any atom is -0.481 e. The number of aliphatic carboxylic acids is 1. The van der Waals surface area contributed by atoms with Crippen LogP contribution in [0.4, 0.5) is 0 Å². The van der Waals surface area contributed by atoms with E-state index in [1.807, 2.05) is 6.92 Å². The Balaban J connectivity index is 2.07. The molecule has 3 atom stereocenters. The van der Waals surface area contributed by atoms with Gasteiger partial charge in [0, 0.05) is 25.3 Å². The zero-order valence-electron chi connectivity index (χ0n) is 12.4. The lowest BCUT2D eigenvalue weighted by atomic mass is 9.90. The summed E-state index contributed by atoms with van der Waals surface area (Å²) in [5, 5.41) is 9.19. The monoisotopic (exact) mass is 314 g/mol. The first-order chi connectivity index (χ1) is 9.93. The van der Waals surface area contributed by atoms with E-state index in [9.17, 15) is 19.5 Å². The number of hydrogen-bond acceptors (Lipinski definition) is 4. The van der Waals surface area contributed by atoms with Crippen LogP contribution in [0.25, 0.3) is 0 Å². The summed E-state index contributed by atoms with van der Waals surface area (Å²) in [5.74, 6) is -0.128. The van der Waals surface area contributed by atoms with Crippen molar-refractivity contribution in [3.05, 3.63) is 0 Å². The van der Waals surface area contributed by atoms with Gasteiger partial charge in [0.2, 0.25) is 11.8 Å². The molecule has 2 amide bonds. The van der Waals surface area contributed by atoms with Crippen LogP contribution in [0.1, 0.15) is 26.7 Å². The van der Waals surface area contributed by atoms with Gasteiger partial charge in [-0.1, -0.05) is 13.8 Å². The molecule has 2 aliphatic heterocycles. The second-order valence-electron chi connectivity index (χ2n) is 5.85. The Kier molecular flexibility index (Phi) is 5.13. The van der Waals surface area contributed by atoms with Crippen LogP contribution in [0.15, 0.2) is 0 Å². The molecule has 0 saturated carbocycles. The normalized spacial score (nSPS) is 29.5. The first-order valence-corrected chi connectivity index (χ1v) is 8.48. The summed E-state index contributed by atoms with van der Waals surface area (Å²) in [6.07, 6.45) is 0.995. The molecule has 2 rings (SSSR count). The summed E-state index contributed by atoms with van der Waals surface area (Å²) in [6, 6.07) is -0.429. The Labute approximate surface area is 128 Å². The summed E-state index contributed by atoms with van der Waals surface area (Å²) in [6.45, 7) is 4.59. The first kappa shape index (κ1) is 16.1. The Bertz CT molecular complexity index is 443. The van der Waals surface area contributed by atoms with Crippen molar-refractivity contribution in [2.45, 2.75) is 32.7 Å². The van der Waals surface area contributed by atoms with Gasteiger partial charge in [-0.15, -0.1) is 11.8 Å². The van der Waals surface area contributed by atoms with Gasteiger partial charge in [0.1, 0.15) is 6.04 Å². The molecule has 118 valence electrons. The summed E-state index contributed by atoms with van der Waals surface area (Å²) >= 11 is 1.58. The topological polar surface area (TPSA) is 77.9 Å². The lowest BCUT2D eigenvalue weighted by Gasteiger charge is -2.37. The number of piperidine rings is 1. The average molecular weight is 314 g/mol. The van der Waals surface area contributed by atoms with Crippen LogP contribution >= 0.6 is 11.8 Å². The van der Waals surface area contributed by atoms with E-state index in [2.05, 4.69) is 0 Å². The Hall–Kier alpha value is -1.24. The number of thioether (sulfide) groups is 1. The highest BCUT2D eigenvalue weighted by Gasteiger charge is 2.39. The summed E-state index contributed by atoms with van der Waals surface area (Å²) in [5.41, 5.74) is 0. The van der Waals surface area contributed by atoms with Crippen molar-refractivity contribution in [3.63, 3.8) is 0 Å². The van der Waals surface area contributed by atoms with E-state index in [1.165, 1.54) is 0 Å². The molecule has 0 aromatic carbocycles. The summed E-state index contributed by atoms with van der Waals surface area (Å²) < 4.78 is 0. The molecule has 6 nitrogen and oxygen atoms in total. The Morgan fingerprint density at radius 2 is 2.00 bits per heavy atom. The van der Waals surface area contributed by atoms with Gasteiger partial charge in [-0.2, -0.15) is 0 Å². The molecule has 0 aliphatic carbocycles.